The lowest BCUT2D eigenvalue weighted by atomic mass is 9.74. The summed E-state index contributed by atoms with van der Waals surface area (Å²) in [4.78, 5) is 0. The Morgan fingerprint density at radius 2 is 2.10 bits per heavy atom. The first-order chi connectivity index (χ1) is 9.80. The van der Waals surface area contributed by atoms with Gasteiger partial charge in [-0.1, -0.05) is 0 Å². The van der Waals surface area contributed by atoms with Gasteiger partial charge in [0.2, 0.25) is 0 Å². The van der Waals surface area contributed by atoms with Gasteiger partial charge in [0, 0.05) is 30.9 Å². The number of aromatic nitrogens is 5. The van der Waals surface area contributed by atoms with Crippen LogP contribution in [0.2, 0.25) is 0 Å². The van der Waals surface area contributed by atoms with Crippen molar-refractivity contribution < 1.29 is 4.74 Å². The largest absolute Gasteiger partial charge is 0.381 e. The number of fused-ring (bicyclic) bond motifs is 2. The van der Waals surface area contributed by atoms with E-state index < -0.39 is 0 Å². The lowest BCUT2D eigenvalue weighted by Gasteiger charge is -2.39. The first-order valence-electron chi connectivity index (χ1n) is 7.32. The minimum atomic E-state index is 0.180. The summed E-state index contributed by atoms with van der Waals surface area (Å²) in [7, 11) is 0. The second-order valence-corrected chi connectivity index (χ2v) is 5.90. The number of H-pyrrole nitrogens is 1. The Balaban J connectivity index is 1.82. The van der Waals surface area contributed by atoms with E-state index in [1.54, 1.807) is 0 Å². The maximum absolute atomic E-state index is 5.54. The standard InChI is InChI=1S/C14H19N5O/c1-10-11(9-15-16-10)12-17-18-13-14(3-2-6-19(12)13)4-7-20-8-5-14/h9H,2-8H2,1H3,(H,15,16). The number of aromatic amines is 1. The maximum Gasteiger partial charge on any atom is 0.167 e. The third-order valence-corrected chi connectivity index (χ3v) is 4.78. The summed E-state index contributed by atoms with van der Waals surface area (Å²) in [5, 5.41) is 16.1. The molecule has 0 atom stereocenters. The van der Waals surface area contributed by atoms with Crippen LogP contribution in [-0.4, -0.2) is 38.2 Å². The van der Waals surface area contributed by atoms with Gasteiger partial charge in [0.1, 0.15) is 5.82 Å². The first-order valence-corrected chi connectivity index (χ1v) is 7.32. The van der Waals surface area contributed by atoms with Crippen LogP contribution < -0.4 is 0 Å². The van der Waals surface area contributed by atoms with Gasteiger partial charge in [-0.15, -0.1) is 10.2 Å². The molecule has 6 nitrogen and oxygen atoms in total. The Bertz CT molecular complexity index is 623. The molecule has 106 valence electrons. The SMILES string of the molecule is Cc1[nH]ncc1-c1nnc2n1CCCC21CCOCC1. The first kappa shape index (κ1) is 12.1. The van der Waals surface area contributed by atoms with Crippen LogP contribution in [0.3, 0.4) is 0 Å². The fourth-order valence-corrected chi connectivity index (χ4v) is 3.61. The minimum absolute atomic E-state index is 0.180. The highest BCUT2D eigenvalue weighted by Gasteiger charge is 2.41. The third kappa shape index (κ3) is 1.64. The van der Waals surface area contributed by atoms with E-state index in [1.807, 2.05) is 13.1 Å². The van der Waals surface area contributed by atoms with E-state index in [2.05, 4.69) is 25.0 Å². The van der Waals surface area contributed by atoms with Crippen LogP contribution in [-0.2, 0) is 16.7 Å². The molecule has 2 aliphatic heterocycles. The fraction of sp³-hybridized carbons (Fsp3) is 0.643. The van der Waals surface area contributed by atoms with E-state index in [1.165, 1.54) is 12.8 Å². The second-order valence-electron chi connectivity index (χ2n) is 5.90. The summed E-state index contributed by atoms with van der Waals surface area (Å²) in [5.41, 5.74) is 2.29. The molecular formula is C14H19N5O. The van der Waals surface area contributed by atoms with E-state index in [0.29, 0.717) is 0 Å². The Morgan fingerprint density at radius 1 is 1.25 bits per heavy atom. The number of nitrogens with zero attached hydrogens (tertiary/aromatic N) is 4. The van der Waals surface area contributed by atoms with Gasteiger partial charge in [-0.2, -0.15) is 5.10 Å². The highest BCUT2D eigenvalue weighted by molar-refractivity contribution is 5.57. The highest BCUT2D eigenvalue weighted by atomic mass is 16.5. The lowest BCUT2D eigenvalue weighted by Crippen LogP contribution is -2.39. The molecule has 2 aromatic rings. The molecule has 0 saturated carbocycles. The monoisotopic (exact) mass is 273 g/mol. The Labute approximate surface area is 117 Å². The molecule has 2 aromatic heterocycles. The van der Waals surface area contributed by atoms with Crippen molar-refractivity contribution in [3.05, 3.63) is 17.7 Å². The van der Waals surface area contributed by atoms with E-state index in [0.717, 1.165) is 55.5 Å². The molecule has 0 amide bonds. The predicted molar refractivity (Wildman–Crippen MR) is 73.3 cm³/mol. The van der Waals surface area contributed by atoms with Crippen LogP contribution in [0.25, 0.3) is 11.4 Å². The van der Waals surface area contributed by atoms with E-state index >= 15 is 0 Å². The van der Waals surface area contributed by atoms with E-state index in [9.17, 15) is 0 Å². The van der Waals surface area contributed by atoms with Crippen molar-refractivity contribution >= 4 is 0 Å². The molecule has 6 heteroatoms. The van der Waals surface area contributed by atoms with Gasteiger partial charge in [-0.25, -0.2) is 0 Å². The molecule has 4 heterocycles. The average Bonchev–Trinajstić information content (AvgIpc) is 3.07. The number of ether oxygens (including phenoxy) is 1. The third-order valence-electron chi connectivity index (χ3n) is 4.78. The molecular weight excluding hydrogens is 254 g/mol. The fourth-order valence-electron chi connectivity index (χ4n) is 3.61. The number of hydrogen-bond acceptors (Lipinski definition) is 4. The summed E-state index contributed by atoms with van der Waals surface area (Å²) in [6.07, 6.45) is 6.37. The molecule has 1 N–H and O–H groups in total. The van der Waals surface area contributed by atoms with Crippen LogP contribution in [0.1, 0.15) is 37.2 Å². The van der Waals surface area contributed by atoms with E-state index in [4.69, 9.17) is 4.74 Å². The molecule has 4 rings (SSSR count). The topological polar surface area (TPSA) is 68.6 Å². The van der Waals surface area contributed by atoms with Crippen LogP contribution >= 0.6 is 0 Å². The molecule has 1 saturated heterocycles. The second kappa shape index (κ2) is 4.41. The van der Waals surface area contributed by atoms with Crippen LogP contribution in [0.5, 0.6) is 0 Å². The van der Waals surface area contributed by atoms with Gasteiger partial charge in [-0.05, 0) is 32.6 Å². The minimum Gasteiger partial charge on any atom is -0.381 e. The van der Waals surface area contributed by atoms with Crippen molar-refractivity contribution in [1.82, 2.24) is 25.0 Å². The summed E-state index contributed by atoms with van der Waals surface area (Å²) in [6.45, 7) is 4.71. The van der Waals surface area contributed by atoms with Gasteiger partial charge in [-0.3, -0.25) is 5.10 Å². The quantitative estimate of drug-likeness (QED) is 0.860. The van der Waals surface area contributed by atoms with Crippen molar-refractivity contribution in [1.29, 1.82) is 0 Å². The highest BCUT2D eigenvalue weighted by Crippen LogP contribution is 2.42. The van der Waals surface area contributed by atoms with Crippen molar-refractivity contribution in [3.8, 4) is 11.4 Å². The number of aryl methyl sites for hydroxylation is 1. The zero-order chi connectivity index (χ0) is 13.6. The number of rotatable bonds is 1. The average molecular weight is 273 g/mol. The van der Waals surface area contributed by atoms with Gasteiger partial charge >= 0.3 is 0 Å². The molecule has 0 aromatic carbocycles. The zero-order valence-electron chi connectivity index (χ0n) is 11.7. The van der Waals surface area contributed by atoms with Gasteiger partial charge < -0.3 is 9.30 Å². The van der Waals surface area contributed by atoms with Crippen LogP contribution in [0.15, 0.2) is 6.20 Å². The van der Waals surface area contributed by atoms with Gasteiger partial charge in [0.15, 0.2) is 5.82 Å². The molecule has 2 aliphatic rings. The normalized spacial score (nSPS) is 21.1. The van der Waals surface area contributed by atoms with Crippen LogP contribution in [0.4, 0.5) is 0 Å². The summed E-state index contributed by atoms with van der Waals surface area (Å²) in [5.74, 6) is 2.11. The predicted octanol–water partition coefficient (Wildman–Crippen LogP) is 1.82. The molecule has 1 fully saturated rings. The Hall–Kier alpha value is -1.69. The molecule has 0 bridgehead atoms. The smallest absolute Gasteiger partial charge is 0.167 e. The summed E-state index contributed by atoms with van der Waals surface area (Å²) in [6, 6.07) is 0. The van der Waals surface area contributed by atoms with Crippen molar-refractivity contribution in [2.45, 2.75) is 44.6 Å². The molecule has 0 radical (unpaired) electrons. The molecule has 20 heavy (non-hydrogen) atoms. The van der Waals surface area contributed by atoms with Crippen LogP contribution in [0, 0.1) is 6.92 Å². The van der Waals surface area contributed by atoms with Crippen molar-refractivity contribution in [2.75, 3.05) is 13.2 Å². The maximum atomic E-state index is 5.54. The summed E-state index contributed by atoms with van der Waals surface area (Å²) < 4.78 is 7.84. The summed E-state index contributed by atoms with van der Waals surface area (Å²) >= 11 is 0. The lowest BCUT2D eigenvalue weighted by molar-refractivity contribution is 0.0363. The Kier molecular flexibility index (Phi) is 2.66. The molecule has 1 spiro atoms. The zero-order valence-corrected chi connectivity index (χ0v) is 11.7. The van der Waals surface area contributed by atoms with Crippen molar-refractivity contribution in [2.24, 2.45) is 0 Å². The van der Waals surface area contributed by atoms with Crippen molar-refractivity contribution in [3.63, 3.8) is 0 Å². The molecule has 0 unspecified atom stereocenters. The van der Waals surface area contributed by atoms with Gasteiger partial charge in [0.25, 0.3) is 0 Å². The number of nitrogens with one attached hydrogen (secondary N) is 1. The Morgan fingerprint density at radius 3 is 2.85 bits per heavy atom. The van der Waals surface area contributed by atoms with E-state index in [-0.39, 0.29) is 5.41 Å². The number of hydrogen-bond donors (Lipinski definition) is 1. The molecule has 0 aliphatic carbocycles. The van der Waals surface area contributed by atoms with Gasteiger partial charge in [0.05, 0.1) is 11.8 Å².